The van der Waals surface area contributed by atoms with Crippen LogP contribution in [-0.4, -0.2) is 5.66 Å². The first-order valence-corrected chi connectivity index (χ1v) is 7.46. The van der Waals surface area contributed by atoms with Crippen LogP contribution >= 0.6 is 0 Å². The molecule has 0 aliphatic heterocycles. The van der Waals surface area contributed by atoms with Gasteiger partial charge in [-0.1, -0.05) is 42.5 Å². The molecule has 1 fully saturated rings. The van der Waals surface area contributed by atoms with E-state index in [1.165, 1.54) is 27.8 Å². The van der Waals surface area contributed by atoms with E-state index in [1.54, 1.807) is 0 Å². The number of hydrogen-bond acceptors (Lipinski definition) is 2. The molecule has 0 atom stereocenters. The van der Waals surface area contributed by atoms with E-state index >= 15 is 0 Å². The van der Waals surface area contributed by atoms with Crippen molar-refractivity contribution >= 4 is 0 Å². The number of fused-ring (bicyclic) bond motifs is 4. The molecule has 0 radical (unpaired) electrons. The lowest BCUT2D eigenvalue weighted by atomic mass is 9.71. The third-order valence-corrected chi connectivity index (χ3v) is 4.94. The maximum absolute atomic E-state index is 6.05. The van der Waals surface area contributed by atoms with Gasteiger partial charge in [0.05, 0.1) is 5.66 Å². The molecular weight excluding hydrogens is 244 g/mol. The van der Waals surface area contributed by atoms with Crippen LogP contribution in [-0.2, 0) is 0 Å². The summed E-state index contributed by atoms with van der Waals surface area (Å²) in [6, 6.07) is 15.4. The van der Waals surface area contributed by atoms with E-state index in [2.05, 4.69) is 42.5 Å². The van der Waals surface area contributed by atoms with Gasteiger partial charge in [0.15, 0.2) is 0 Å². The lowest BCUT2D eigenvalue weighted by molar-refractivity contribution is 0.281. The Labute approximate surface area is 119 Å². The third kappa shape index (κ3) is 1.72. The van der Waals surface area contributed by atoms with Gasteiger partial charge in [-0.25, -0.2) is 0 Å². The molecule has 2 aliphatic rings. The third-order valence-electron chi connectivity index (χ3n) is 4.94. The molecule has 2 aliphatic carbocycles. The van der Waals surface area contributed by atoms with Crippen molar-refractivity contribution < 1.29 is 0 Å². The number of nitrogens with two attached hydrogens (primary N) is 2. The van der Waals surface area contributed by atoms with Crippen LogP contribution in [0.25, 0.3) is 22.3 Å². The molecule has 2 nitrogen and oxygen atoms in total. The first kappa shape index (κ1) is 12.1. The van der Waals surface area contributed by atoms with Gasteiger partial charge in [-0.15, -0.1) is 0 Å². The largest absolute Gasteiger partial charge is 0.313 e. The van der Waals surface area contributed by atoms with Crippen LogP contribution in [0.1, 0.15) is 37.2 Å². The Bertz CT molecular complexity index is 663. The first-order chi connectivity index (χ1) is 9.66. The lowest BCUT2D eigenvalue weighted by Crippen LogP contribution is -2.51. The predicted molar refractivity (Wildman–Crippen MR) is 83.2 cm³/mol. The Hall–Kier alpha value is -1.64. The van der Waals surface area contributed by atoms with Crippen molar-refractivity contribution in [3.63, 3.8) is 0 Å². The molecule has 4 rings (SSSR count). The standard InChI is InChI=1S/C18H20N2/c19-18(20)10-8-12(9-11-18)13-6-3-7-16-14-4-1-2-5-15(14)17(13)16/h1-7,12H,8-11,19-20H2. The zero-order valence-electron chi connectivity index (χ0n) is 11.6. The van der Waals surface area contributed by atoms with Crippen molar-refractivity contribution in [1.82, 2.24) is 0 Å². The smallest absolute Gasteiger partial charge is 0.0637 e. The van der Waals surface area contributed by atoms with Gasteiger partial charge in [-0.05, 0) is 59.4 Å². The van der Waals surface area contributed by atoms with Gasteiger partial charge >= 0.3 is 0 Å². The highest BCUT2D eigenvalue weighted by Gasteiger charge is 2.32. The molecule has 0 spiro atoms. The van der Waals surface area contributed by atoms with Crippen molar-refractivity contribution in [3.8, 4) is 22.3 Å². The zero-order chi connectivity index (χ0) is 13.7. The average molecular weight is 264 g/mol. The summed E-state index contributed by atoms with van der Waals surface area (Å²) < 4.78 is 0. The molecule has 0 unspecified atom stereocenters. The molecule has 0 heterocycles. The van der Waals surface area contributed by atoms with Gasteiger partial charge in [-0.2, -0.15) is 0 Å². The number of benzene rings is 2. The number of rotatable bonds is 1. The second-order valence-electron chi connectivity index (χ2n) is 6.32. The fraction of sp³-hybridized carbons (Fsp3) is 0.333. The molecule has 4 N–H and O–H groups in total. The molecule has 2 aromatic rings. The van der Waals surface area contributed by atoms with E-state index < -0.39 is 5.66 Å². The molecule has 0 saturated heterocycles. The zero-order valence-corrected chi connectivity index (χ0v) is 11.6. The average Bonchev–Trinajstić information content (AvgIpc) is 2.44. The van der Waals surface area contributed by atoms with Crippen molar-refractivity contribution in [1.29, 1.82) is 0 Å². The predicted octanol–water partition coefficient (Wildman–Crippen LogP) is 3.61. The summed E-state index contributed by atoms with van der Waals surface area (Å²) in [5.74, 6) is 0.610. The quantitative estimate of drug-likeness (QED) is 0.660. The van der Waals surface area contributed by atoms with Crippen LogP contribution in [0.4, 0.5) is 0 Å². The van der Waals surface area contributed by atoms with Crippen LogP contribution < -0.4 is 11.5 Å². The molecule has 0 aromatic heterocycles. The fourth-order valence-electron chi connectivity index (χ4n) is 3.78. The van der Waals surface area contributed by atoms with E-state index in [0.29, 0.717) is 5.92 Å². The van der Waals surface area contributed by atoms with E-state index in [1.807, 2.05) is 0 Å². The van der Waals surface area contributed by atoms with Crippen LogP contribution in [0.15, 0.2) is 42.5 Å². The summed E-state index contributed by atoms with van der Waals surface area (Å²) in [7, 11) is 0. The second-order valence-corrected chi connectivity index (χ2v) is 6.32. The molecule has 2 heteroatoms. The molecule has 2 aromatic carbocycles. The van der Waals surface area contributed by atoms with Crippen LogP contribution in [0.3, 0.4) is 0 Å². The van der Waals surface area contributed by atoms with E-state index in [-0.39, 0.29) is 0 Å². The first-order valence-electron chi connectivity index (χ1n) is 7.46. The maximum Gasteiger partial charge on any atom is 0.0637 e. The highest BCUT2D eigenvalue weighted by atomic mass is 15.0. The second kappa shape index (κ2) is 4.18. The normalized spacial score (nSPS) is 19.9. The van der Waals surface area contributed by atoms with Gasteiger partial charge < -0.3 is 11.5 Å². The van der Waals surface area contributed by atoms with Crippen molar-refractivity contribution in [2.24, 2.45) is 11.5 Å². The summed E-state index contributed by atoms with van der Waals surface area (Å²) in [5, 5.41) is 0. The number of hydrogen-bond donors (Lipinski definition) is 2. The SMILES string of the molecule is NC1(N)CCC(c2cccc3c2-c2ccccc2-3)CC1. The van der Waals surface area contributed by atoms with Gasteiger partial charge in [0.2, 0.25) is 0 Å². The highest BCUT2D eigenvalue weighted by molar-refractivity contribution is 6.03. The topological polar surface area (TPSA) is 52.0 Å². The van der Waals surface area contributed by atoms with Crippen LogP contribution in [0.5, 0.6) is 0 Å². The van der Waals surface area contributed by atoms with Crippen molar-refractivity contribution in [2.75, 3.05) is 0 Å². The summed E-state index contributed by atoms with van der Waals surface area (Å²) in [6.45, 7) is 0. The Morgan fingerprint density at radius 2 is 1.45 bits per heavy atom. The fourth-order valence-corrected chi connectivity index (χ4v) is 3.78. The van der Waals surface area contributed by atoms with Gasteiger partial charge in [0, 0.05) is 0 Å². The summed E-state index contributed by atoms with van der Waals surface area (Å²) in [6.07, 6.45) is 4.04. The minimum absolute atomic E-state index is 0.448. The Morgan fingerprint density at radius 1 is 0.800 bits per heavy atom. The van der Waals surface area contributed by atoms with Crippen molar-refractivity contribution in [2.45, 2.75) is 37.3 Å². The molecule has 20 heavy (non-hydrogen) atoms. The molecule has 102 valence electrons. The van der Waals surface area contributed by atoms with Crippen LogP contribution in [0.2, 0.25) is 0 Å². The van der Waals surface area contributed by atoms with Crippen LogP contribution in [0, 0.1) is 0 Å². The maximum atomic E-state index is 6.05. The molecule has 0 amide bonds. The van der Waals surface area contributed by atoms with Gasteiger partial charge in [0.1, 0.15) is 0 Å². The van der Waals surface area contributed by atoms with E-state index in [4.69, 9.17) is 11.5 Å². The Kier molecular flexibility index (Phi) is 2.53. The monoisotopic (exact) mass is 264 g/mol. The Balaban J connectivity index is 1.71. The summed E-state index contributed by atoms with van der Waals surface area (Å²) in [4.78, 5) is 0. The van der Waals surface area contributed by atoms with E-state index in [0.717, 1.165) is 25.7 Å². The van der Waals surface area contributed by atoms with Gasteiger partial charge in [0.25, 0.3) is 0 Å². The molecule has 0 bridgehead atoms. The van der Waals surface area contributed by atoms with E-state index in [9.17, 15) is 0 Å². The highest BCUT2D eigenvalue weighted by Crippen LogP contribution is 2.52. The minimum atomic E-state index is -0.448. The molecule has 1 saturated carbocycles. The van der Waals surface area contributed by atoms with Crippen molar-refractivity contribution in [3.05, 3.63) is 48.0 Å². The molecular formula is C18H20N2. The van der Waals surface area contributed by atoms with Gasteiger partial charge in [-0.3, -0.25) is 0 Å². The summed E-state index contributed by atoms with van der Waals surface area (Å²) in [5.41, 5.74) is 18.8. The minimum Gasteiger partial charge on any atom is -0.313 e. The lowest BCUT2D eigenvalue weighted by Gasteiger charge is -2.37. The summed E-state index contributed by atoms with van der Waals surface area (Å²) >= 11 is 0. The Morgan fingerprint density at radius 3 is 2.20 bits per heavy atom.